The summed E-state index contributed by atoms with van der Waals surface area (Å²) in [5.74, 6) is 1.34. The van der Waals surface area contributed by atoms with E-state index in [4.69, 9.17) is 0 Å². The second-order valence-electron chi connectivity index (χ2n) is 5.29. The minimum absolute atomic E-state index is 0.0297. The van der Waals surface area contributed by atoms with Crippen molar-refractivity contribution >= 4 is 29.6 Å². The molecule has 3 saturated heterocycles. The van der Waals surface area contributed by atoms with Crippen molar-refractivity contribution in [1.82, 2.24) is 20.0 Å². The molecule has 1 N–H and O–H groups in total. The Morgan fingerprint density at radius 2 is 2.24 bits per heavy atom. The third kappa shape index (κ3) is 2.42. The molecule has 0 aromatic rings. The molecule has 4 amide bonds. The van der Waals surface area contributed by atoms with E-state index in [-0.39, 0.29) is 30.4 Å². The Balaban J connectivity index is 1.70. The van der Waals surface area contributed by atoms with Crippen LogP contribution in [0, 0.1) is 0 Å². The molecular formula is C13H18N4O3S. The number of urea groups is 1. The van der Waals surface area contributed by atoms with Crippen molar-refractivity contribution in [3.63, 3.8) is 0 Å². The van der Waals surface area contributed by atoms with Gasteiger partial charge in [-0.15, -0.1) is 18.3 Å². The summed E-state index contributed by atoms with van der Waals surface area (Å²) >= 11 is 1.69. The molecule has 3 fully saturated rings. The van der Waals surface area contributed by atoms with Crippen LogP contribution in [0.1, 0.15) is 0 Å². The van der Waals surface area contributed by atoms with Crippen molar-refractivity contribution in [3.05, 3.63) is 12.7 Å². The van der Waals surface area contributed by atoms with Gasteiger partial charge in [-0.1, -0.05) is 6.08 Å². The van der Waals surface area contributed by atoms with Gasteiger partial charge < -0.3 is 9.80 Å². The minimum atomic E-state index is -0.538. The van der Waals surface area contributed by atoms with Gasteiger partial charge in [0.25, 0.3) is 5.91 Å². The Hall–Kier alpha value is -1.54. The first-order valence-electron chi connectivity index (χ1n) is 6.96. The maximum Gasteiger partial charge on any atom is 0.327 e. The molecule has 114 valence electrons. The highest BCUT2D eigenvalue weighted by Crippen LogP contribution is 2.23. The van der Waals surface area contributed by atoms with E-state index >= 15 is 0 Å². The number of hydrogen-bond donors (Lipinski definition) is 1. The quantitative estimate of drug-likeness (QED) is 0.552. The van der Waals surface area contributed by atoms with Crippen LogP contribution < -0.4 is 5.32 Å². The lowest BCUT2D eigenvalue weighted by Crippen LogP contribution is -2.57. The summed E-state index contributed by atoms with van der Waals surface area (Å²) in [5, 5.41) is 3.15. The third-order valence-electron chi connectivity index (χ3n) is 4.05. The molecule has 0 radical (unpaired) electrons. The maximum atomic E-state index is 12.4. The first-order chi connectivity index (χ1) is 10.1. The van der Waals surface area contributed by atoms with E-state index in [2.05, 4.69) is 11.9 Å². The average molecular weight is 310 g/mol. The SMILES string of the molecule is C=CCN1C(=O)[C@@H]2CN(C(=O)[C@@H]3CSCN3)CCN2C1=O. The molecule has 3 aliphatic heterocycles. The van der Waals surface area contributed by atoms with E-state index < -0.39 is 6.04 Å². The first-order valence-corrected chi connectivity index (χ1v) is 8.11. The topological polar surface area (TPSA) is 73.0 Å². The molecule has 2 atom stereocenters. The van der Waals surface area contributed by atoms with Gasteiger partial charge in [-0.2, -0.15) is 0 Å². The van der Waals surface area contributed by atoms with Crippen LogP contribution in [0.3, 0.4) is 0 Å². The van der Waals surface area contributed by atoms with Gasteiger partial charge in [0.15, 0.2) is 0 Å². The van der Waals surface area contributed by atoms with Crippen LogP contribution in [0.15, 0.2) is 12.7 Å². The predicted molar refractivity (Wildman–Crippen MR) is 78.6 cm³/mol. The van der Waals surface area contributed by atoms with Crippen LogP contribution >= 0.6 is 11.8 Å². The zero-order chi connectivity index (χ0) is 15.0. The molecular weight excluding hydrogens is 292 g/mol. The van der Waals surface area contributed by atoms with Gasteiger partial charge in [-0.25, -0.2) is 4.79 Å². The average Bonchev–Trinajstić information content (AvgIpc) is 3.10. The van der Waals surface area contributed by atoms with E-state index in [1.54, 1.807) is 21.6 Å². The lowest BCUT2D eigenvalue weighted by molar-refractivity contribution is -0.137. The van der Waals surface area contributed by atoms with E-state index in [0.29, 0.717) is 19.6 Å². The molecule has 0 aliphatic carbocycles. The molecule has 8 heteroatoms. The van der Waals surface area contributed by atoms with Gasteiger partial charge in [0.2, 0.25) is 5.91 Å². The van der Waals surface area contributed by atoms with E-state index in [1.807, 2.05) is 0 Å². The van der Waals surface area contributed by atoms with Crippen molar-refractivity contribution in [2.24, 2.45) is 0 Å². The van der Waals surface area contributed by atoms with Crippen molar-refractivity contribution in [2.75, 3.05) is 37.8 Å². The molecule has 3 heterocycles. The van der Waals surface area contributed by atoms with Crippen LogP contribution in [0.4, 0.5) is 4.79 Å². The number of thioether (sulfide) groups is 1. The van der Waals surface area contributed by atoms with Gasteiger partial charge in [-0.3, -0.25) is 19.8 Å². The van der Waals surface area contributed by atoms with Crippen LogP contribution in [-0.2, 0) is 9.59 Å². The van der Waals surface area contributed by atoms with Crippen molar-refractivity contribution in [2.45, 2.75) is 12.1 Å². The number of imide groups is 1. The second kappa shape index (κ2) is 5.69. The van der Waals surface area contributed by atoms with Gasteiger partial charge >= 0.3 is 6.03 Å². The number of nitrogens with one attached hydrogen (secondary N) is 1. The molecule has 0 saturated carbocycles. The Labute approximate surface area is 127 Å². The van der Waals surface area contributed by atoms with Crippen LogP contribution in [-0.4, -0.2) is 82.4 Å². The molecule has 0 aromatic carbocycles. The lowest BCUT2D eigenvalue weighted by Gasteiger charge is -2.36. The van der Waals surface area contributed by atoms with Crippen LogP contribution in [0.2, 0.25) is 0 Å². The monoisotopic (exact) mass is 310 g/mol. The highest BCUT2D eigenvalue weighted by Gasteiger charge is 2.48. The second-order valence-corrected chi connectivity index (χ2v) is 6.32. The number of rotatable bonds is 3. The Morgan fingerprint density at radius 3 is 2.90 bits per heavy atom. The zero-order valence-corrected chi connectivity index (χ0v) is 12.5. The molecule has 0 unspecified atom stereocenters. The number of piperazine rings is 1. The van der Waals surface area contributed by atoms with Gasteiger partial charge in [-0.05, 0) is 0 Å². The summed E-state index contributed by atoms with van der Waals surface area (Å²) in [6.07, 6.45) is 1.54. The number of carbonyl (C=O) groups excluding carboxylic acids is 3. The number of carbonyl (C=O) groups is 3. The third-order valence-corrected chi connectivity index (χ3v) is 4.99. The molecule has 3 aliphatic rings. The summed E-state index contributed by atoms with van der Waals surface area (Å²) in [7, 11) is 0. The molecule has 21 heavy (non-hydrogen) atoms. The standard InChI is InChI=1S/C13H18N4O3S/c1-2-3-17-12(19)10-6-15(4-5-16(10)13(17)20)11(18)9-7-21-8-14-9/h2,9-10,14H,1,3-8H2/t9-,10-/m0/s1. The number of nitrogens with zero attached hydrogens (tertiary/aromatic N) is 3. The molecule has 3 rings (SSSR count). The number of hydrogen-bond acceptors (Lipinski definition) is 5. The smallest absolute Gasteiger partial charge is 0.327 e. The number of fused-ring (bicyclic) bond motifs is 1. The molecule has 7 nitrogen and oxygen atoms in total. The lowest BCUT2D eigenvalue weighted by atomic mass is 10.1. The van der Waals surface area contributed by atoms with Gasteiger partial charge in [0.05, 0.1) is 12.6 Å². The highest BCUT2D eigenvalue weighted by molar-refractivity contribution is 7.99. The van der Waals surface area contributed by atoms with Gasteiger partial charge in [0, 0.05) is 31.3 Å². The Morgan fingerprint density at radius 1 is 1.43 bits per heavy atom. The van der Waals surface area contributed by atoms with E-state index in [1.165, 1.54) is 11.0 Å². The summed E-state index contributed by atoms with van der Waals surface area (Å²) in [4.78, 5) is 41.3. The summed E-state index contributed by atoms with van der Waals surface area (Å²) < 4.78 is 0. The van der Waals surface area contributed by atoms with E-state index in [0.717, 1.165) is 11.6 Å². The Bertz CT molecular complexity index is 492. The summed E-state index contributed by atoms with van der Waals surface area (Å²) in [6, 6.07) is -0.978. The normalized spacial score (nSPS) is 29.0. The fourth-order valence-electron chi connectivity index (χ4n) is 2.92. The van der Waals surface area contributed by atoms with Crippen LogP contribution in [0.5, 0.6) is 0 Å². The minimum Gasteiger partial charge on any atom is -0.337 e. The van der Waals surface area contributed by atoms with E-state index in [9.17, 15) is 14.4 Å². The van der Waals surface area contributed by atoms with Crippen LogP contribution in [0.25, 0.3) is 0 Å². The molecule has 0 bridgehead atoms. The summed E-state index contributed by atoms with van der Waals surface area (Å²) in [6.45, 7) is 4.98. The predicted octanol–water partition coefficient (Wildman–Crippen LogP) is -0.690. The fraction of sp³-hybridized carbons (Fsp3) is 0.615. The highest BCUT2D eigenvalue weighted by atomic mass is 32.2. The Kier molecular flexibility index (Phi) is 3.90. The first kappa shape index (κ1) is 14.4. The van der Waals surface area contributed by atoms with Crippen molar-refractivity contribution in [1.29, 1.82) is 0 Å². The van der Waals surface area contributed by atoms with Gasteiger partial charge in [0.1, 0.15) is 6.04 Å². The fourth-order valence-corrected chi connectivity index (χ4v) is 3.86. The summed E-state index contributed by atoms with van der Waals surface area (Å²) in [5.41, 5.74) is 0. The molecule has 0 aromatic heterocycles. The largest absolute Gasteiger partial charge is 0.337 e. The van der Waals surface area contributed by atoms with Crippen molar-refractivity contribution < 1.29 is 14.4 Å². The molecule has 0 spiro atoms. The number of amides is 4. The zero-order valence-electron chi connectivity index (χ0n) is 11.7. The maximum absolute atomic E-state index is 12.4. The van der Waals surface area contributed by atoms with Crippen molar-refractivity contribution in [3.8, 4) is 0 Å².